The Kier molecular flexibility index (Phi) is 7.38. The van der Waals surface area contributed by atoms with Crippen LogP contribution in [-0.4, -0.2) is 37.6 Å². The highest BCUT2D eigenvalue weighted by Gasteiger charge is 2.26. The predicted octanol–water partition coefficient (Wildman–Crippen LogP) is 5.09. The zero-order valence-electron chi connectivity index (χ0n) is 17.0. The summed E-state index contributed by atoms with van der Waals surface area (Å²) in [7, 11) is 1.43. The zero-order valence-corrected chi connectivity index (χ0v) is 18.7. The number of fused-ring (bicyclic) bond motifs is 2. The van der Waals surface area contributed by atoms with Crippen molar-refractivity contribution in [1.29, 1.82) is 0 Å². The number of ether oxygens (including phenoxy) is 2. The molecule has 1 saturated heterocycles. The third-order valence-corrected chi connectivity index (χ3v) is 6.57. The van der Waals surface area contributed by atoms with Gasteiger partial charge in [0.05, 0.1) is 13.5 Å². The number of hydrogen-bond acceptors (Lipinski definition) is 5. The fraction of sp³-hybridized carbons (Fsp3) is 0.435. The molecular formula is C23H28ClNO3S. The summed E-state index contributed by atoms with van der Waals surface area (Å²) in [6, 6.07) is 8.29. The molecule has 0 saturated carbocycles. The van der Waals surface area contributed by atoms with Crippen LogP contribution in [0.5, 0.6) is 5.75 Å². The van der Waals surface area contributed by atoms with E-state index in [-0.39, 0.29) is 24.8 Å². The maximum Gasteiger partial charge on any atom is 0.309 e. The molecule has 4 nitrogen and oxygen atoms in total. The number of rotatable bonds is 4. The Balaban J connectivity index is 0.00000240. The molecule has 29 heavy (non-hydrogen) atoms. The summed E-state index contributed by atoms with van der Waals surface area (Å²) in [6.07, 6.45) is 3.67. The van der Waals surface area contributed by atoms with Gasteiger partial charge in [-0.3, -0.25) is 4.79 Å². The average Bonchev–Trinajstić information content (AvgIpc) is 3.11. The maximum absolute atomic E-state index is 11.8. The molecule has 156 valence electrons. The van der Waals surface area contributed by atoms with Crippen LogP contribution in [0.15, 0.2) is 35.2 Å². The van der Waals surface area contributed by atoms with Gasteiger partial charge in [0.15, 0.2) is 0 Å². The highest BCUT2D eigenvalue weighted by atomic mass is 35.5. The number of carbonyl (C=O) groups excluding carboxylic acids is 1. The number of nitrogens with zero attached hydrogens (tertiary/aromatic N) is 1. The first-order valence-corrected chi connectivity index (χ1v) is 10.9. The van der Waals surface area contributed by atoms with Crippen LogP contribution in [0.25, 0.3) is 5.57 Å². The van der Waals surface area contributed by atoms with E-state index >= 15 is 0 Å². The Bertz CT molecular complexity index is 895. The molecule has 0 aliphatic carbocycles. The van der Waals surface area contributed by atoms with Crippen molar-refractivity contribution in [2.45, 2.75) is 39.2 Å². The Morgan fingerprint density at radius 3 is 2.76 bits per heavy atom. The van der Waals surface area contributed by atoms with Crippen molar-refractivity contribution < 1.29 is 14.3 Å². The van der Waals surface area contributed by atoms with Crippen LogP contribution in [-0.2, 0) is 22.6 Å². The number of piperidine rings is 1. The Morgan fingerprint density at radius 2 is 2.03 bits per heavy atom. The fourth-order valence-electron chi connectivity index (χ4n) is 4.16. The van der Waals surface area contributed by atoms with Crippen molar-refractivity contribution in [3.63, 3.8) is 0 Å². The van der Waals surface area contributed by atoms with Gasteiger partial charge in [0.2, 0.25) is 0 Å². The molecule has 2 aromatic rings. The smallest absolute Gasteiger partial charge is 0.309 e. The maximum atomic E-state index is 11.8. The summed E-state index contributed by atoms with van der Waals surface area (Å²) in [4.78, 5) is 15.7. The van der Waals surface area contributed by atoms with Crippen molar-refractivity contribution in [1.82, 2.24) is 4.90 Å². The molecule has 0 N–H and O–H groups in total. The lowest BCUT2D eigenvalue weighted by Crippen LogP contribution is -2.31. The van der Waals surface area contributed by atoms with Gasteiger partial charge in [0.1, 0.15) is 12.4 Å². The van der Waals surface area contributed by atoms with Crippen molar-refractivity contribution in [2.75, 3.05) is 26.7 Å². The summed E-state index contributed by atoms with van der Waals surface area (Å²) < 4.78 is 11.0. The minimum Gasteiger partial charge on any atom is -0.488 e. The molecule has 4 rings (SSSR count). The largest absolute Gasteiger partial charge is 0.488 e. The van der Waals surface area contributed by atoms with E-state index in [1.54, 1.807) is 11.3 Å². The van der Waals surface area contributed by atoms with E-state index < -0.39 is 0 Å². The van der Waals surface area contributed by atoms with Gasteiger partial charge in [0.25, 0.3) is 0 Å². The van der Waals surface area contributed by atoms with Crippen LogP contribution in [0.4, 0.5) is 0 Å². The van der Waals surface area contributed by atoms with Gasteiger partial charge in [0, 0.05) is 34.7 Å². The molecule has 0 radical (unpaired) electrons. The molecule has 2 aliphatic rings. The average molecular weight is 434 g/mol. The molecule has 0 spiro atoms. The lowest BCUT2D eigenvalue weighted by atomic mass is 9.89. The first kappa shape index (κ1) is 21.9. The van der Waals surface area contributed by atoms with Crippen molar-refractivity contribution in [3.05, 3.63) is 56.8 Å². The third kappa shape index (κ3) is 4.68. The second-order valence-corrected chi connectivity index (χ2v) is 8.38. The minimum absolute atomic E-state index is 0. The van der Waals surface area contributed by atoms with Crippen LogP contribution in [0.3, 0.4) is 0 Å². The van der Waals surface area contributed by atoms with Crippen molar-refractivity contribution >= 4 is 35.3 Å². The molecule has 0 amide bonds. The van der Waals surface area contributed by atoms with E-state index in [4.69, 9.17) is 9.47 Å². The van der Waals surface area contributed by atoms with E-state index in [1.165, 1.54) is 41.7 Å². The van der Waals surface area contributed by atoms with Gasteiger partial charge < -0.3 is 14.4 Å². The molecule has 2 aliphatic heterocycles. The molecule has 6 heteroatoms. The van der Waals surface area contributed by atoms with Crippen LogP contribution >= 0.6 is 23.7 Å². The number of methoxy groups -OCH3 is 1. The van der Waals surface area contributed by atoms with E-state index in [0.29, 0.717) is 6.61 Å². The molecule has 1 fully saturated rings. The molecule has 0 unspecified atom stereocenters. The number of thiophene rings is 1. The first-order valence-electron chi connectivity index (χ1n) is 10.0. The lowest BCUT2D eigenvalue weighted by Gasteiger charge is -2.29. The quantitative estimate of drug-likeness (QED) is 0.630. The van der Waals surface area contributed by atoms with E-state index in [1.807, 2.05) is 12.1 Å². The number of carbonyl (C=O) groups is 1. The van der Waals surface area contributed by atoms with Crippen LogP contribution in [0, 0.1) is 0 Å². The first-order chi connectivity index (χ1) is 13.7. The number of likely N-dealkylation sites (tertiary alicyclic amines) is 1. The molecule has 1 aromatic heterocycles. The van der Waals surface area contributed by atoms with E-state index in [9.17, 15) is 4.79 Å². The highest BCUT2D eigenvalue weighted by Crippen LogP contribution is 2.43. The number of hydrogen-bond donors (Lipinski definition) is 0. The summed E-state index contributed by atoms with van der Waals surface area (Å²) in [5.74, 6) is 0.698. The van der Waals surface area contributed by atoms with Crippen molar-refractivity contribution in [3.8, 4) is 5.75 Å². The fourth-order valence-corrected chi connectivity index (χ4v) is 5.18. The van der Waals surface area contributed by atoms with Gasteiger partial charge >= 0.3 is 5.97 Å². The summed E-state index contributed by atoms with van der Waals surface area (Å²) >= 11 is 1.80. The van der Waals surface area contributed by atoms with E-state index in [2.05, 4.69) is 29.3 Å². The zero-order chi connectivity index (χ0) is 19.5. The van der Waals surface area contributed by atoms with Gasteiger partial charge in [-0.15, -0.1) is 23.7 Å². The molecule has 3 heterocycles. The Morgan fingerprint density at radius 1 is 1.24 bits per heavy atom. The van der Waals surface area contributed by atoms with Crippen LogP contribution < -0.4 is 4.74 Å². The second-order valence-electron chi connectivity index (χ2n) is 7.47. The highest BCUT2D eigenvalue weighted by molar-refractivity contribution is 7.11. The summed E-state index contributed by atoms with van der Waals surface area (Å²) in [5.41, 5.74) is 6.20. The molecule has 1 aromatic carbocycles. The lowest BCUT2D eigenvalue weighted by molar-refractivity contribution is -0.139. The van der Waals surface area contributed by atoms with Gasteiger partial charge in [-0.2, -0.15) is 0 Å². The SMILES string of the molecule is CCCN1CCC(=C2c3cc(CC(=O)OC)ccc3OCc3ccsc32)CC1.Cl. The Hall–Kier alpha value is -1.82. The second kappa shape index (κ2) is 9.79. The van der Waals surface area contributed by atoms with E-state index in [0.717, 1.165) is 42.8 Å². The number of esters is 1. The molecule has 0 bridgehead atoms. The van der Waals surface area contributed by atoms with Crippen LogP contribution in [0.2, 0.25) is 0 Å². The normalized spacial score (nSPS) is 16.2. The van der Waals surface area contributed by atoms with Gasteiger partial charge in [-0.1, -0.05) is 18.6 Å². The predicted molar refractivity (Wildman–Crippen MR) is 120 cm³/mol. The number of benzene rings is 1. The molecular weight excluding hydrogens is 406 g/mol. The topological polar surface area (TPSA) is 38.8 Å². The third-order valence-electron chi connectivity index (χ3n) is 5.60. The minimum atomic E-state index is -0.214. The van der Waals surface area contributed by atoms with Gasteiger partial charge in [-0.25, -0.2) is 0 Å². The van der Waals surface area contributed by atoms with Crippen LogP contribution in [0.1, 0.15) is 47.8 Å². The summed E-state index contributed by atoms with van der Waals surface area (Å²) in [6.45, 7) is 6.25. The Labute approximate surface area is 182 Å². The molecule has 0 atom stereocenters. The standard InChI is InChI=1S/C23H27NO3S.ClH/c1-3-9-24-10-6-17(7-11-24)22-19-13-16(14-21(25)26-2)4-5-20(19)27-15-18-8-12-28-23(18)22;/h4-5,8,12-13H,3,6-7,9-11,14-15H2,1-2H3;1H. The number of halogens is 1. The monoisotopic (exact) mass is 433 g/mol. The summed E-state index contributed by atoms with van der Waals surface area (Å²) in [5, 5.41) is 2.16. The van der Waals surface area contributed by atoms with Gasteiger partial charge in [-0.05, 0) is 54.9 Å². The van der Waals surface area contributed by atoms with Crippen molar-refractivity contribution in [2.24, 2.45) is 0 Å².